The number of nitrogens with zero attached hydrogens (tertiary/aromatic N) is 3. The van der Waals surface area contributed by atoms with Gasteiger partial charge in [0.25, 0.3) is 17.2 Å². The summed E-state index contributed by atoms with van der Waals surface area (Å²) in [5.74, 6) is -2.18. The molecule has 0 aliphatic carbocycles. The fraction of sp³-hybridized carbons (Fsp3) is 0.367. The highest BCUT2D eigenvalue weighted by atomic mass is 35.5. The number of halogens is 5. The lowest BCUT2D eigenvalue weighted by atomic mass is 10.1. The fourth-order valence-corrected chi connectivity index (χ4v) is 5.52. The van der Waals surface area contributed by atoms with E-state index in [0.29, 0.717) is 19.0 Å². The second-order valence-corrected chi connectivity index (χ2v) is 12.9. The van der Waals surface area contributed by atoms with Crippen LogP contribution in [-0.4, -0.2) is 55.9 Å². The Kier molecular flexibility index (Phi) is 10.5. The van der Waals surface area contributed by atoms with Gasteiger partial charge in [-0.3, -0.25) is 13.7 Å². The number of aromatic nitrogens is 1. The molecule has 0 radical (unpaired) electrons. The van der Waals surface area contributed by atoms with E-state index in [2.05, 4.69) is 10.3 Å². The molecule has 2 heterocycles. The molecule has 0 spiro atoms. The fourth-order valence-electron chi connectivity index (χ4n) is 4.66. The van der Waals surface area contributed by atoms with Crippen LogP contribution in [0.5, 0.6) is 11.5 Å². The lowest BCUT2D eigenvalue weighted by molar-refractivity contribution is -0.137. The number of benzene rings is 2. The van der Waals surface area contributed by atoms with E-state index in [4.69, 9.17) is 21.1 Å². The second kappa shape index (κ2) is 13.8. The number of carbonyl (C=O) groups excluding carboxylic acids is 2. The van der Waals surface area contributed by atoms with E-state index in [0.717, 1.165) is 22.5 Å². The molecular formula is C30H31ClF4N4O6S. The number of anilines is 2. The Morgan fingerprint density at radius 1 is 1.15 bits per heavy atom. The van der Waals surface area contributed by atoms with Crippen LogP contribution in [0.2, 0.25) is 5.02 Å². The van der Waals surface area contributed by atoms with Gasteiger partial charge in [-0.25, -0.2) is 18.4 Å². The van der Waals surface area contributed by atoms with Crippen molar-refractivity contribution in [1.29, 1.82) is 0 Å². The van der Waals surface area contributed by atoms with Crippen LogP contribution in [0.1, 0.15) is 48.7 Å². The maximum absolute atomic E-state index is 13.7. The third-order valence-corrected chi connectivity index (χ3v) is 7.81. The zero-order chi connectivity index (χ0) is 34.0. The minimum atomic E-state index is -4.87. The molecule has 2 N–H and O–H groups in total. The molecule has 16 heteroatoms. The number of pyridine rings is 1. The molecular weight excluding hydrogens is 656 g/mol. The summed E-state index contributed by atoms with van der Waals surface area (Å²) in [7, 11) is 0. The van der Waals surface area contributed by atoms with Gasteiger partial charge in [0.1, 0.15) is 28.7 Å². The number of alkyl halides is 3. The van der Waals surface area contributed by atoms with Gasteiger partial charge in [-0.1, -0.05) is 11.6 Å². The first-order valence-electron chi connectivity index (χ1n) is 13.9. The number of nitrogens with one attached hydrogen (secondary N) is 1. The smallest absolute Gasteiger partial charge is 0.417 e. The van der Waals surface area contributed by atoms with Crippen LogP contribution in [0.4, 0.5) is 33.9 Å². The van der Waals surface area contributed by atoms with Gasteiger partial charge in [-0.05, 0) is 82.0 Å². The number of likely N-dealkylation sites (tertiary alicyclic amines) is 1. The van der Waals surface area contributed by atoms with Crippen LogP contribution in [0.3, 0.4) is 0 Å². The summed E-state index contributed by atoms with van der Waals surface area (Å²) in [6.45, 7) is 7.44. The van der Waals surface area contributed by atoms with E-state index in [-0.39, 0.29) is 47.4 Å². The molecule has 1 aliphatic heterocycles. The van der Waals surface area contributed by atoms with Gasteiger partial charge < -0.3 is 19.7 Å². The van der Waals surface area contributed by atoms with E-state index in [1.165, 1.54) is 36.2 Å². The SMILES string of the molecule is Cc1cc(F)ccc1Oc1cc(C(F)(F)F)c(Cl)cc1C(=O)Nc1ccnc(N(C[C@@H]2CCN(C(=O)OC(C)(C)C)C2)S(=O)O)c1. The Bertz CT molecular complexity index is 1650. The van der Waals surface area contributed by atoms with Crippen molar-refractivity contribution in [1.82, 2.24) is 9.88 Å². The van der Waals surface area contributed by atoms with E-state index in [1.54, 1.807) is 20.8 Å². The minimum Gasteiger partial charge on any atom is -0.456 e. The Morgan fingerprint density at radius 3 is 2.50 bits per heavy atom. The van der Waals surface area contributed by atoms with Gasteiger partial charge in [0.15, 0.2) is 0 Å². The van der Waals surface area contributed by atoms with Crippen molar-refractivity contribution in [2.75, 3.05) is 29.3 Å². The summed E-state index contributed by atoms with van der Waals surface area (Å²) in [5.41, 5.74) is -1.93. The molecule has 3 aromatic rings. The van der Waals surface area contributed by atoms with E-state index in [9.17, 15) is 35.9 Å². The average Bonchev–Trinajstić information content (AvgIpc) is 3.41. The molecule has 1 aliphatic rings. The lowest BCUT2D eigenvalue weighted by Gasteiger charge is -2.25. The summed E-state index contributed by atoms with van der Waals surface area (Å²) in [6.07, 6.45) is -3.55. The van der Waals surface area contributed by atoms with E-state index < -0.39 is 57.2 Å². The highest BCUT2D eigenvalue weighted by Gasteiger charge is 2.36. The maximum Gasteiger partial charge on any atom is 0.417 e. The number of hydrogen-bond donors (Lipinski definition) is 2. The first-order chi connectivity index (χ1) is 21.4. The second-order valence-electron chi connectivity index (χ2n) is 11.6. The zero-order valence-electron chi connectivity index (χ0n) is 25.2. The molecule has 1 unspecified atom stereocenters. The number of hydrogen-bond acceptors (Lipinski definition) is 6. The predicted molar refractivity (Wildman–Crippen MR) is 164 cm³/mol. The van der Waals surface area contributed by atoms with Crippen molar-refractivity contribution in [3.8, 4) is 11.5 Å². The van der Waals surface area contributed by atoms with Crippen LogP contribution in [0, 0.1) is 18.7 Å². The predicted octanol–water partition coefficient (Wildman–Crippen LogP) is 7.45. The molecule has 1 aromatic heterocycles. The number of aryl methyl sites for hydroxylation is 1. The van der Waals surface area contributed by atoms with Gasteiger partial charge in [-0.15, -0.1) is 0 Å². The van der Waals surface area contributed by atoms with Crippen molar-refractivity contribution in [2.45, 2.75) is 45.9 Å². The molecule has 4 rings (SSSR count). The third kappa shape index (κ3) is 8.85. The minimum absolute atomic E-state index is 0.00954. The maximum atomic E-state index is 13.7. The molecule has 0 saturated carbocycles. The quantitative estimate of drug-likeness (QED) is 0.187. The highest BCUT2D eigenvalue weighted by molar-refractivity contribution is 7.80. The molecule has 2 aromatic carbocycles. The van der Waals surface area contributed by atoms with Crippen LogP contribution in [0.15, 0.2) is 48.7 Å². The van der Waals surface area contributed by atoms with Crippen molar-refractivity contribution >= 4 is 46.4 Å². The third-order valence-electron chi connectivity index (χ3n) is 6.79. The number of amides is 2. The molecule has 2 atom stereocenters. The molecule has 2 amide bonds. The Morgan fingerprint density at radius 2 is 1.87 bits per heavy atom. The molecule has 248 valence electrons. The summed E-state index contributed by atoms with van der Waals surface area (Å²) in [4.78, 5) is 31.5. The van der Waals surface area contributed by atoms with E-state index in [1.807, 2.05) is 0 Å². The monoisotopic (exact) mass is 686 g/mol. The first kappa shape index (κ1) is 34.9. The van der Waals surface area contributed by atoms with Gasteiger partial charge in [0.05, 0.1) is 16.1 Å². The van der Waals surface area contributed by atoms with Crippen molar-refractivity contribution < 1.29 is 45.4 Å². The molecule has 1 saturated heterocycles. The van der Waals surface area contributed by atoms with Gasteiger partial charge in [-0.2, -0.15) is 13.2 Å². The number of ether oxygens (including phenoxy) is 2. The standard InChI is InChI=1S/C30H31ClF4N4O6S/c1-17-11-19(32)5-6-24(17)44-25-14-22(30(33,34)35)23(31)13-21(25)27(40)37-20-7-9-36-26(12-20)39(46(42)43)16-18-8-10-38(15-18)28(41)45-29(2,3)4/h5-7,9,11-14,18H,8,10,15-16H2,1-4H3,(H,42,43)(H,36,37,40)/t18-/m1/s1. The molecule has 0 bridgehead atoms. The van der Waals surface area contributed by atoms with Crippen LogP contribution in [0.25, 0.3) is 0 Å². The normalized spacial score (nSPS) is 15.8. The first-order valence-corrected chi connectivity index (χ1v) is 15.3. The largest absolute Gasteiger partial charge is 0.456 e. The lowest BCUT2D eigenvalue weighted by Crippen LogP contribution is -2.37. The summed E-state index contributed by atoms with van der Waals surface area (Å²) < 4.78 is 89.1. The summed E-state index contributed by atoms with van der Waals surface area (Å²) in [5, 5.41) is 1.78. The number of carbonyl (C=O) groups is 2. The Balaban J connectivity index is 1.56. The number of rotatable bonds is 8. The zero-order valence-corrected chi connectivity index (χ0v) is 26.7. The highest BCUT2D eigenvalue weighted by Crippen LogP contribution is 2.40. The summed E-state index contributed by atoms with van der Waals surface area (Å²) in [6, 6.07) is 7.45. The average molecular weight is 687 g/mol. The van der Waals surface area contributed by atoms with Gasteiger partial charge in [0.2, 0.25) is 0 Å². The van der Waals surface area contributed by atoms with Crippen LogP contribution >= 0.6 is 11.6 Å². The molecule has 10 nitrogen and oxygen atoms in total. The topological polar surface area (TPSA) is 121 Å². The Hall–Kier alpha value is -3.95. The molecule has 46 heavy (non-hydrogen) atoms. The van der Waals surface area contributed by atoms with Crippen molar-refractivity contribution in [3.05, 3.63) is 76.2 Å². The Labute approximate surface area is 270 Å². The summed E-state index contributed by atoms with van der Waals surface area (Å²) >= 11 is 3.38. The van der Waals surface area contributed by atoms with E-state index >= 15 is 0 Å². The van der Waals surface area contributed by atoms with Gasteiger partial charge in [0, 0.05) is 37.6 Å². The van der Waals surface area contributed by atoms with Crippen molar-refractivity contribution in [2.24, 2.45) is 5.92 Å². The van der Waals surface area contributed by atoms with Crippen molar-refractivity contribution in [3.63, 3.8) is 0 Å². The van der Waals surface area contributed by atoms with Crippen LogP contribution < -0.4 is 14.4 Å². The van der Waals surface area contributed by atoms with Crippen LogP contribution in [-0.2, 0) is 22.2 Å². The molecule has 1 fully saturated rings. The van der Waals surface area contributed by atoms with Gasteiger partial charge >= 0.3 is 12.3 Å².